The van der Waals surface area contributed by atoms with Crippen molar-refractivity contribution in [2.75, 3.05) is 11.9 Å². The summed E-state index contributed by atoms with van der Waals surface area (Å²) >= 11 is 7.15. The van der Waals surface area contributed by atoms with Crippen LogP contribution < -0.4 is 10.6 Å². The second kappa shape index (κ2) is 6.05. The van der Waals surface area contributed by atoms with E-state index in [1.54, 1.807) is 6.07 Å². The van der Waals surface area contributed by atoms with Crippen molar-refractivity contribution in [1.82, 2.24) is 14.7 Å². The van der Waals surface area contributed by atoms with Gasteiger partial charge in [-0.15, -0.1) is 0 Å². The molecule has 2 unspecified atom stereocenters. The number of halogens is 2. The summed E-state index contributed by atoms with van der Waals surface area (Å²) in [4.78, 5) is 16.2. The summed E-state index contributed by atoms with van der Waals surface area (Å²) in [5, 5.41) is 6.39. The van der Waals surface area contributed by atoms with Crippen LogP contribution in [0.3, 0.4) is 0 Å². The average Bonchev–Trinajstić information content (AvgIpc) is 3.08. The first-order chi connectivity index (χ1) is 10.1. The Balaban J connectivity index is 1.71. The summed E-state index contributed by atoms with van der Waals surface area (Å²) in [5.74, 6) is 0.167. The molecule has 110 valence electrons. The van der Waals surface area contributed by atoms with Crippen LogP contribution in [0.15, 0.2) is 24.3 Å². The largest absolute Gasteiger partial charge is 0.303 e. The number of hydrogen-bond donors (Lipinski definition) is 2. The van der Waals surface area contributed by atoms with Crippen LogP contribution in [0.4, 0.5) is 9.52 Å². The Morgan fingerprint density at radius 1 is 1.48 bits per heavy atom. The molecule has 0 aliphatic carbocycles. The van der Waals surface area contributed by atoms with Gasteiger partial charge >= 0.3 is 0 Å². The monoisotopic (exact) mass is 326 g/mol. The Hall–Kier alpha value is -1.57. The van der Waals surface area contributed by atoms with Crippen LogP contribution in [0.2, 0.25) is 5.02 Å². The molecule has 2 N–H and O–H groups in total. The lowest BCUT2D eigenvalue weighted by atomic mass is 10.2. The van der Waals surface area contributed by atoms with Gasteiger partial charge in [-0.3, -0.25) is 10.1 Å². The zero-order valence-electron chi connectivity index (χ0n) is 10.8. The Labute approximate surface area is 129 Å². The molecular formula is C13H12ClFN4OS. The number of rotatable bonds is 3. The predicted molar refractivity (Wildman–Crippen MR) is 80.3 cm³/mol. The molecule has 0 bridgehead atoms. The van der Waals surface area contributed by atoms with Crippen LogP contribution >= 0.6 is 23.1 Å². The second-order valence-electron chi connectivity index (χ2n) is 4.69. The highest BCUT2D eigenvalue weighted by Crippen LogP contribution is 2.27. The van der Waals surface area contributed by atoms with Gasteiger partial charge in [-0.25, -0.2) is 4.39 Å². The standard InChI is InChI=1S/C13H12ClFN4OS/c14-9-4-2-1-3-8(9)11-17-13(21-19-11)18-12(20)10-5-7(15)6-16-10/h1-4,7,10,16H,5-6H2,(H,17,18,19,20). The van der Waals surface area contributed by atoms with Crippen LogP contribution in [-0.2, 0) is 4.79 Å². The lowest BCUT2D eigenvalue weighted by Gasteiger charge is -2.07. The van der Waals surface area contributed by atoms with Gasteiger partial charge in [0.25, 0.3) is 0 Å². The van der Waals surface area contributed by atoms with Gasteiger partial charge in [0.2, 0.25) is 11.0 Å². The molecule has 8 heteroatoms. The molecule has 2 aromatic rings. The highest BCUT2D eigenvalue weighted by atomic mass is 35.5. The molecule has 1 aromatic carbocycles. The molecule has 0 saturated carbocycles. The van der Waals surface area contributed by atoms with E-state index in [-0.39, 0.29) is 18.9 Å². The molecule has 21 heavy (non-hydrogen) atoms. The summed E-state index contributed by atoms with van der Waals surface area (Å²) in [5.41, 5.74) is 0.707. The lowest BCUT2D eigenvalue weighted by molar-refractivity contribution is -0.117. The average molecular weight is 327 g/mol. The summed E-state index contributed by atoms with van der Waals surface area (Å²) in [6.07, 6.45) is -0.795. The SMILES string of the molecule is O=C(Nc1nc(-c2ccccc2Cl)ns1)C1CC(F)CN1. The smallest absolute Gasteiger partial charge is 0.243 e. The molecule has 5 nitrogen and oxygen atoms in total. The Bertz CT molecular complexity index is 665. The van der Waals surface area contributed by atoms with Crippen molar-refractivity contribution in [3.63, 3.8) is 0 Å². The molecule has 3 rings (SSSR count). The molecule has 0 spiro atoms. The third-order valence-corrected chi connectivity index (χ3v) is 4.12. The molecule has 2 atom stereocenters. The van der Waals surface area contributed by atoms with Crippen molar-refractivity contribution in [2.24, 2.45) is 0 Å². The van der Waals surface area contributed by atoms with Gasteiger partial charge in [0.15, 0.2) is 5.82 Å². The molecule has 1 aliphatic heterocycles. The summed E-state index contributed by atoms with van der Waals surface area (Å²) in [6, 6.07) is 6.69. The van der Waals surface area contributed by atoms with Crippen molar-refractivity contribution in [1.29, 1.82) is 0 Å². The number of alkyl halides is 1. The number of nitrogens with one attached hydrogen (secondary N) is 2. The van der Waals surface area contributed by atoms with Gasteiger partial charge in [0.1, 0.15) is 6.17 Å². The van der Waals surface area contributed by atoms with Crippen molar-refractivity contribution in [2.45, 2.75) is 18.6 Å². The quantitative estimate of drug-likeness (QED) is 0.909. The normalized spacial score (nSPS) is 21.4. The van der Waals surface area contributed by atoms with Gasteiger partial charge < -0.3 is 5.32 Å². The van der Waals surface area contributed by atoms with Crippen molar-refractivity contribution >= 4 is 34.2 Å². The maximum Gasteiger partial charge on any atom is 0.243 e. The number of anilines is 1. The molecule has 1 aromatic heterocycles. The highest BCUT2D eigenvalue weighted by molar-refractivity contribution is 7.10. The summed E-state index contributed by atoms with van der Waals surface area (Å²) in [7, 11) is 0. The van der Waals surface area contributed by atoms with Crippen molar-refractivity contribution < 1.29 is 9.18 Å². The van der Waals surface area contributed by atoms with Crippen LogP contribution in [0, 0.1) is 0 Å². The van der Waals surface area contributed by atoms with E-state index in [1.165, 1.54) is 0 Å². The predicted octanol–water partition coefficient (Wildman–Crippen LogP) is 2.50. The third kappa shape index (κ3) is 3.20. The maximum absolute atomic E-state index is 13.1. The van der Waals surface area contributed by atoms with E-state index in [4.69, 9.17) is 11.6 Å². The number of aromatic nitrogens is 2. The van der Waals surface area contributed by atoms with Gasteiger partial charge in [-0.1, -0.05) is 23.7 Å². The number of benzene rings is 1. The Morgan fingerprint density at radius 3 is 3.00 bits per heavy atom. The number of hydrogen-bond acceptors (Lipinski definition) is 5. The van der Waals surface area contributed by atoms with Crippen LogP contribution in [0.25, 0.3) is 11.4 Å². The Morgan fingerprint density at radius 2 is 2.29 bits per heavy atom. The molecule has 2 heterocycles. The second-order valence-corrected chi connectivity index (χ2v) is 5.85. The van der Waals surface area contributed by atoms with E-state index in [0.29, 0.717) is 21.5 Å². The van der Waals surface area contributed by atoms with E-state index in [9.17, 15) is 9.18 Å². The van der Waals surface area contributed by atoms with Gasteiger partial charge in [0.05, 0.1) is 11.1 Å². The Kier molecular flexibility index (Phi) is 4.14. The fourth-order valence-corrected chi connectivity index (χ4v) is 2.92. The van der Waals surface area contributed by atoms with Gasteiger partial charge in [-0.05, 0) is 12.1 Å². The number of amides is 1. The molecule has 1 amide bonds. The number of nitrogens with zero attached hydrogens (tertiary/aromatic N) is 2. The van der Waals surface area contributed by atoms with Gasteiger partial charge in [-0.2, -0.15) is 9.36 Å². The van der Waals surface area contributed by atoms with E-state index in [2.05, 4.69) is 20.0 Å². The number of carbonyl (C=O) groups excluding carboxylic acids is 1. The first kappa shape index (κ1) is 14.4. The van der Waals surface area contributed by atoms with Crippen molar-refractivity contribution in [3.05, 3.63) is 29.3 Å². The minimum absolute atomic E-state index is 0.183. The van der Waals surface area contributed by atoms with E-state index >= 15 is 0 Å². The third-order valence-electron chi connectivity index (χ3n) is 3.16. The first-order valence-corrected chi connectivity index (χ1v) is 7.55. The molecular weight excluding hydrogens is 315 g/mol. The zero-order chi connectivity index (χ0) is 14.8. The summed E-state index contributed by atoms with van der Waals surface area (Å²) < 4.78 is 17.2. The highest BCUT2D eigenvalue weighted by Gasteiger charge is 2.29. The topological polar surface area (TPSA) is 66.9 Å². The molecule has 1 fully saturated rings. The number of carbonyl (C=O) groups is 1. The molecule has 0 radical (unpaired) electrons. The van der Waals surface area contributed by atoms with E-state index in [1.807, 2.05) is 18.2 Å². The van der Waals surface area contributed by atoms with Crippen LogP contribution in [0.5, 0.6) is 0 Å². The zero-order valence-corrected chi connectivity index (χ0v) is 12.4. The maximum atomic E-state index is 13.1. The fourth-order valence-electron chi connectivity index (χ4n) is 2.11. The minimum Gasteiger partial charge on any atom is -0.303 e. The van der Waals surface area contributed by atoms with E-state index < -0.39 is 12.2 Å². The minimum atomic E-state index is -0.978. The van der Waals surface area contributed by atoms with E-state index in [0.717, 1.165) is 11.5 Å². The van der Waals surface area contributed by atoms with Crippen molar-refractivity contribution in [3.8, 4) is 11.4 Å². The van der Waals surface area contributed by atoms with Gasteiger partial charge in [0, 0.05) is 30.1 Å². The molecule has 1 aliphatic rings. The summed E-state index contributed by atoms with van der Waals surface area (Å²) in [6.45, 7) is 0.207. The van der Waals surface area contributed by atoms with Crippen LogP contribution in [-0.4, -0.2) is 34.0 Å². The first-order valence-electron chi connectivity index (χ1n) is 6.40. The fraction of sp³-hybridized carbons (Fsp3) is 0.308. The van der Waals surface area contributed by atoms with Crippen LogP contribution in [0.1, 0.15) is 6.42 Å². The lowest BCUT2D eigenvalue weighted by Crippen LogP contribution is -2.35. The molecule has 1 saturated heterocycles.